The monoisotopic (exact) mass is 246 g/mol. The second-order valence-electron chi connectivity index (χ2n) is 4.33. The van der Waals surface area contributed by atoms with Crippen molar-refractivity contribution in [1.29, 1.82) is 0 Å². The van der Waals surface area contributed by atoms with E-state index in [1.807, 2.05) is 4.90 Å². The fraction of sp³-hybridized carbons (Fsp3) is 0.333. The molecular formula is C12H14N4O2. The lowest BCUT2D eigenvalue weighted by Crippen LogP contribution is -2.44. The molecule has 6 heteroatoms. The van der Waals surface area contributed by atoms with Crippen LogP contribution in [0.5, 0.6) is 5.75 Å². The zero-order valence-corrected chi connectivity index (χ0v) is 9.81. The number of hydrogen-bond acceptors (Lipinski definition) is 5. The van der Waals surface area contributed by atoms with Gasteiger partial charge in [0.2, 0.25) is 5.95 Å². The molecule has 0 atom stereocenters. The van der Waals surface area contributed by atoms with Crippen LogP contribution in [0, 0.1) is 0 Å². The Morgan fingerprint density at radius 2 is 2.06 bits per heavy atom. The maximum Gasteiger partial charge on any atom is 0.260 e. The molecule has 1 fully saturated rings. The highest BCUT2D eigenvalue weighted by molar-refractivity contribution is 5.80. The number of H-pyrrole nitrogens is 1. The first-order chi connectivity index (χ1) is 8.74. The Labute approximate surface area is 103 Å². The van der Waals surface area contributed by atoms with Crippen LogP contribution in [-0.2, 0) is 0 Å². The van der Waals surface area contributed by atoms with Gasteiger partial charge in [0.05, 0.1) is 10.9 Å². The highest BCUT2D eigenvalue weighted by atomic mass is 16.3. The van der Waals surface area contributed by atoms with Crippen molar-refractivity contribution in [2.24, 2.45) is 0 Å². The van der Waals surface area contributed by atoms with Crippen molar-refractivity contribution >= 4 is 16.9 Å². The molecule has 1 aliphatic rings. The maximum absolute atomic E-state index is 11.9. The van der Waals surface area contributed by atoms with Crippen molar-refractivity contribution in [3.63, 3.8) is 0 Å². The Balaban J connectivity index is 2.09. The minimum absolute atomic E-state index is 0.0738. The number of phenolic OH excluding ortho intramolecular Hbond substituents is 1. The average Bonchev–Trinajstić information content (AvgIpc) is 2.40. The summed E-state index contributed by atoms with van der Waals surface area (Å²) in [6.07, 6.45) is 0. The highest BCUT2D eigenvalue weighted by Crippen LogP contribution is 2.17. The summed E-state index contributed by atoms with van der Waals surface area (Å²) in [5.41, 5.74) is 0.384. The first-order valence-corrected chi connectivity index (χ1v) is 5.93. The molecule has 6 nitrogen and oxygen atoms in total. The number of anilines is 1. The van der Waals surface area contributed by atoms with Crippen molar-refractivity contribution in [3.8, 4) is 5.75 Å². The number of nitrogens with zero attached hydrogens (tertiary/aromatic N) is 2. The lowest BCUT2D eigenvalue weighted by Gasteiger charge is -2.27. The third-order valence-corrected chi connectivity index (χ3v) is 3.09. The summed E-state index contributed by atoms with van der Waals surface area (Å²) < 4.78 is 0. The number of fused-ring (bicyclic) bond motifs is 1. The van der Waals surface area contributed by atoms with Crippen LogP contribution in [0.15, 0.2) is 23.0 Å². The molecule has 2 heterocycles. The summed E-state index contributed by atoms with van der Waals surface area (Å²) in [5.74, 6) is 0.671. The molecule has 3 rings (SSSR count). The number of benzene rings is 1. The SMILES string of the molecule is O=c1[nH]c(N2CCNCC2)nc2ccc(O)cc12. The molecule has 1 saturated heterocycles. The minimum atomic E-state index is -0.218. The van der Waals surface area contributed by atoms with Crippen LogP contribution in [0.25, 0.3) is 10.9 Å². The molecule has 1 aliphatic heterocycles. The van der Waals surface area contributed by atoms with Crippen LogP contribution < -0.4 is 15.8 Å². The molecular weight excluding hydrogens is 232 g/mol. The Morgan fingerprint density at radius 3 is 2.83 bits per heavy atom. The number of aromatic nitrogens is 2. The van der Waals surface area contributed by atoms with E-state index in [2.05, 4.69) is 15.3 Å². The van der Waals surface area contributed by atoms with Gasteiger partial charge in [0.25, 0.3) is 5.56 Å². The number of hydrogen-bond donors (Lipinski definition) is 3. The van der Waals surface area contributed by atoms with E-state index in [1.165, 1.54) is 12.1 Å². The summed E-state index contributed by atoms with van der Waals surface area (Å²) in [5, 5.41) is 13.0. The summed E-state index contributed by atoms with van der Waals surface area (Å²) in [6.45, 7) is 3.42. The number of nitrogens with one attached hydrogen (secondary N) is 2. The molecule has 0 bridgehead atoms. The molecule has 94 valence electrons. The Kier molecular flexibility index (Phi) is 2.64. The fourth-order valence-electron chi connectivity index (χ4n) is 2.14. The van der Waals surface area contributed by atoms with Gasteiger partial charge in [-0.2, -0.15) is 0 Å². The van der Waals surface area contributed by atoms with Crippen LogP contribution >= 0.6 is 0 Å². The van der Waals surface area contributed by atoms with Gasteiger partial charge in [0.1, 0.15) is 5.75 Å². The summed E-state index contributed by atoms with van der Waals surface area (Å²) in [4.78, 5) is 21.2. The van der Waals surface area contributed by atoms with Crippen LogP contribution in [0.1, 0.15) is 0 Å². The summed E-state index contributed by atoms with van der Waals surface area (Å²) >= 11 is 0. The van der Waals surface area contributed by atoms with Gasteiger partial charge in [-0.25, -0.2) is 4.98 Å². The van der Waals surface area contributed by atoms with Crippen molar-refractivity contribution in [3.05, 3.63) is 28.6 Å². The van der Waals surface area contributed by atoms with E-state index >= 15 is 0 Å². The van der Waals surface area contributed by atoms with Gasteiger partial charge < -0.3 is 15.3 Å². The van der Waals surface area contributed by atoms with E-state index in [0.717, 1.165) is 26.2 Å². The normalized spacial score (nSPS) is 16.1. The molecule has 18 heavy (non-hydrogen) atoms. The molecule has 0 radical (unpaired) electrons. The summed E-state index contributed by atoms with van der Waals surface area (Å²) in [7, 11) is 0. The quantitative estimate of drug-likeness (QED) is 0.662. The van der Waals surface area contributed by atoms with Gasteiger partial charge in [-0.15, -0.1) is 0 Å². The number of rotatable bonds is 1. The largest absolute Gasteiger partial charge is 0.508 e. The van der Waals surface area contributed by atoms with Crippen LogP contribution in [0.4, 0.5) is 5.95 Å². The van der Waals surface area contributed by atoms with Crippen molar-refractivity contribution in [1.82, 2.24) is 15.3 Å². The Hall–Kier alpha value is -2.08. The number of aromatic hydroxyl groups is 1. The third kappa shape index (κ3) is 1.91. The molecule has 1 aromatic heterocycles. The predicted molar refractivity (Wildman–Crippen MR) is 69.1 cm³/mol. The van der Waals surface area contributed by atoms with Crippen LogP contribution in [0.2, 0.25) is 0 Å². The van der Waals surface area contributed by atoms with Crippen molar-refractivity contribution in [2.75, 3.05) is 31.1 Å². The second-order valence-corrected chi connectivity index (χ2v) is 4.33. The number of phenols is 1. The smallest absolute Gasteiger partial charge is 0.260 e. The van der Waals surface area contributed by atoms with E-state index in [1.54, 1.807) is 6.07 Å². The standard InChI is InChI=1S/C12H14N4O2/c17-8-1-2-10-9(7-8)11(18)15-12(14-10)16-5-3-13-4-6-16/h1-2,7,13,17H,3-6H2,(H,14,15,18). The molecule has 0 amide bonds. The van der Waals surface area contributed by atoms with E-state index in [9.17, 15) is 9.90 Å². The number of piperazine rings is 1. The van der Waals surface area contributed by atoms with Gasteiger partial charge in [-0.1, -0.05) is 0 Å². The molecule has 0 aliphatic carbocycles. The third-order valence-electron chi connectivity index (χ3n) is 3.09. The Bertz CT molecular complexity index is 632. The lowest BCUT2D eigenvalue weighted by molar-refractivity contribution is 0.476. The molecule has 0 spiro atoms. The van der Waals surface area contributed by atoms with Gasteiger partial charge in [-0.3, -0.25) is 9.78 Å². The van der Waals surface area contributed by atoms with E-state index in [0.29, 0.717) is 16.9 Å². The molecule has 1 aromatic carbocycles. The topological polar surface area (TPSA) is 81.2 Å². The highest BCUT2D eigenvalue weighted by Gasteiger charge is 2.14. The maximum atomic E-state index is 11.9. The first-order valence-electron chi connectivity index (χ1n) is 5.93. The van der Waals surface area contributed by atoms with Gasteiger partial charge in [-0.05, 0) is 18.2 Å². The van der Waals surface area contributed by atoms with E-state index in [4.69, 9.17) is 0 Å². The second kappa shape index (κ2) is 4.30. The first kappa shape index (κ1) is 11.0. The van der Waals surface area contributed by atoms with E-state index < -0.39 is 0 Å². The van der Waals surface area contributed by atoms with Crippen molar-refractivity contribution < 1.29 is 5.11 Å². The van der Waals surface area contributed by atoms with Gasteiger partial charge in [0, 0.05) is 26.2 Å². The Morgan fingerprint density at radius 1 is 1.28 bits per heavy atom. The molecule has 3 N–H and O–H groups in total. The number of aromatic amines is 1. The molecule has 0 unspecified atom stereocenters. The average molecular weight is 246 g/mol. The van der Waals surface area contributed by atoms with Crippen molar-refractivity contribution in [2.45, 2.75) is 0 Å². The van der Waals surface area contributed by atoms with E-state index in [-0.39, 0.29) is 11.3 Å². The van der Waals surface area contributed by atoms with Gasteiger partial charge >= 0.3 is 0 Å². The zero-order chi connectivity index (χ0) is 12.5. The van der Waals surface area contributed by atoms with Gasteiger partial charge in [0.15, 0.2) is 0 Å². The molecule has 2 aromatic rings. The summed E-state index contributed by atoms with van der Waals surface area (Å²) in [6, 6.07) is 4.63. The molecule has 0 saturated carbocycles. The fourth-order valence-corrected chi connectivity index (χ4v) is 2.14. The predicted octanol–water partition coefficient (Wildman–Crippen LogP) is 0.0383. The van der Waals surface area contributed by atoms with Crippen LogP contribution in [0.3, 0.4) is 0 Å². The van der Waals surface area contributed by atoms with Crippen LogP contribution in [-0.4, -0.2) is 41.3 Å². The minimum Gasteiger partial charge on any atom is -0.508 e. The zero-order valence-electron chi connectivity index (χ0n) is 9.81. The lowest BCUT2D eigenvalue weighted by atomic mass is 10.2.